The number of hydrogen-bond acceptors (Lipinski definition) is 4. The van der Waals surface area contributed by atoms with Gasteiger partial charge in [0.15, 0.2) is 0 Å². The first-order chi connectivity index (χ1) is 7.11. The Bertz CT molecular complexity index is 387. The van der Waals surface area contributed by atoms with Gasteiger partial charge in [-0.2, -0.15) is 0 Å². The summed E-state index contributed by atoms with van der Waals surface area (Å²) in [6.45, 7) is 4.04. The molecule has 15 heavy (non-hydrogen) atoms. The van der Waals surface area contributed by atoms with Crippen LogP contribution in [0.4, 0.5) is 0 Å². The van der Waals surface area contributed by atoms with Gasteiger partial charge in [0.05, 0.1) is 19.4 Å². The van der Waals surface area contributed by atoms with Crippen molar-refractivity contribution in [2.75, 3.05) is 13.2 Å². The van der Waals surface area contributed by atoms with Crippen LogP contribution in [0.1, 0.15) is 19.4 Å². The molecule has 0 saturated heterocycles. The van der Waals surface area contributed by atoms with Crippen molar-refractivity contribution in [3.63, 3.8) is 0 Å². The number of nitrogens with one attached hydrogen (secondary N) is 2. The zero-order chi connectivity index (χ0) is 11.3. The Hall–Kier alpha value is -0.840. The fraction of sp³-hybridized carbons (Fsp3) is 0.625. The van der Waals surface area contributed by atoms with Crippen LogP contribution in [-0.4, -0.2) is 23.4 Å². The smallest absolute Gasteiger partial charge is 0.309 e. The minimum absolute atomic E-state index is 0.00644. The van der Waals surface area contributed by atoms with E-state index in [1.807, 2.05) is 0 Å². The lowest BCUT2D eigenvalue weighted by atomic mass is 10.4. The topological polar surface area (TPSA) is 84.2 Å². The van der Waals surface area contributed by atoms with E-state index in [1.165, 1.54) is 6.20 Å². The zero-order valence-corrected chi connectivity index (χ0v) is 9.67. The molecule has 0 saturated carbocycles. The Morgan fingerprint density at radius 1 is 1.33 bits per heavy atom. The maximum absolute atomic E-state index is 12.0. The van der Waals surface area contributed by atoms with Gasteiger partial charge in [-0.15, -0.1) is 0 Å². The molecule has 1 aromatic heterocycles. The van der Waals surface area contributed by atoms with E-state index in [9.17, 15) is 9.36 Å². The second-order valence-corrected chi connectivity index (χ2v) is 4.93. The molecule has 1 aromatic rings. The monoisotopic (exact) mass is 234 g/mol. The van der Waals surface area contributed by atoms with Crippen LogP contribution in [0.3, 0.4) is 0 Å². The highest BCUT2D eigenvalue weighted by molar-refractivity contribution is 7.53. The van der Waals surface area contributed by atoms with Crippen molar-refractivity contribution >= 4 is 7.60 Å². The van der Waals surface area contributed by atoms with E-state index in [0.717, 1.165) is 0 Å². The number of H-pyrrole nitrogens is 2. The van der Waals surface area contributed by atoms with E-state index >= 15 is 0 Å². The fourth-order valence-electron chi connectivity index (χ4n) is 1.18. The van der Waals surface area contributed by atoms with Crippen molar-refractivity contribution in [1.82, 2.24) is 10.2 Å². The van der Waals surface area contributed by atoms with Crippen LogP contribution >= 0.6 is 7.60 Å². The summed E-state index contributed by atoms with van der Waals surface area (Å²) < 4.78 is 22.2. The lowest BCUT2D eigenvalue weighted by Crippen LogP contribution is -2.08. The normalized spacial score (nSPS) is 11.9. The number of hydrogen-bond donors (Lipinski definition) is 2. The molecule has 0 unspecified atom stereocenters. The van der Waals surface area contributed by atoms with Crippen LogP contribution in [0, 0.1) is 0 Å². The molecule has 86 valence electrons. The molecule has 0 fully saturated rings. The van der Waals surface area contributed by atoms with Crippen molar-refractivity contribution in [3.8, 4) is 0 Å². The zero-order valence-electron chi connectivity index (χ0n) is 8.78. The minimum Gasteiger partial charge on any atom is -0.309 e. The Labute approximate surface area is 87.5 Å². The molecule has 0 atom stereocenters. The number of aromatic nitrogens is 2. The Morgan fingerprint density at radius 2 is 1.93 bits per heavy atom. The maximum Gasteiger partial charge on any atom is 0.335 e. The Kier molecular flexibility index (Phi) is 4.32. The molecular formula is C8H15N2O4P. The molecular weight excluding hydrogens is 219 g/mol. The molecule has 0 aliphatic rings. The third-order valence-corrected chi connectivity index (χ3v) is 3.77. The van der Waals surface area contributed by atoms with Crippen LogP contribution in [0.2, 0.25) is 0 Å². The SMILES string of the molecule is CCOP(=O)(Cc1c[nH][nH]c1=O)OCC. The van der Waals surface area contributed by atoms with Crippen molar-refractivity contribution in [2.24, 2.45) is 0 Å². The lowest BCUT2D eigenvalue weighted by Gasteiger charge is -2.15. The van der Waals surface area contributed by atoms with Gasteiger partial charge in [-0.1, -0.05) is 0 Å². The molecule has 7 heteroatoms. The van der Waals surface area contributed by atoms with Crippen LogP contribution in [-0.2, 0) is 19.8 Å². The average Bonchev–Trinajstić information content (AvgIpc) is 2.52. The third kappa shape index (κ3) is 3.34. The predicted octanol–water partition coefficient (Wildman–Crippen LogP) is 1.47. The highest BCUT2D eigenvalue weighted by atomic mass is 31.2. The second kappa shape index (κ2) is 5.30. The summed E-state index contributed by atoms with van der Waals surface area (Å²) in [5.41, 5.74) is 0.0786. The predicted molar refractivity (Wildman–Crippen MR) is 56.0 cm³/mol. The van der Waals surface area contributed by atoms with E-state index in [2.05, 4.69) is 10.2 Å². The summed E-state index contributed by atoms with van der Waals surface area (Å²) in [5.74, 6) is 0. The molecule has 1 heterocycles. The van der Waals surface area contributed by atoms with Gasteiger partial charge in [-0.3, -0.25) is 14.5 Å². The summed E-state index contributed by atoms with van der Waals surface area (Å²) in [4.78, 5) is 11.2. The van der Waals surface area contributed by atoms with Gasteiger partial charge >= 0.3 is 7.60 Å². The summed E-state index contributed by atoms with van der Waals surface area (Å²) in [6.07, 6.45) is 1.46. The van der Waals surface area contributed by atoms with Gasteiger partial charge in [0, 0.05) is 11.8 Å². The van der Waals surface area contributed by atoms with Crippen molar-refractivity contribution in [1.29, 1.82) is 0 Å². The van der Waals surface area contributed by atoms with Crippen molar-refractivity contribution in [3.05, 3.63) is 22.1 Å². The second-order valence-electron chi connectivity index (χ2n) is 2.87. The maximum atomic E-state index is 12.0. The average molecular weight is 234 g/mol. The van der Waals surface area contributed by atoms with Crippen LogP contribution in [0.25, 0.3) is 0 Å². The first-order valence-electron chi connectivity index (χ1n) is 4.74. The summed E-state index contributed by atoms with van der Waals surface area (Å²) in [7, 11) is -3.18. The number of aromatic amines is 2. The molecule has 0 radical (unpaired) electrons. The molecule has 0 aliphatic heterocycles. The highest BCUT2D eigenvalue weighted by Crippen LogP contribution is 2.50. The highest BCUT2D eigenvalue weighted by Gasteiger charge is 2.25. The summed E-state index contributed by atoms with van der Waals surface area (Å²) in [5, 5.41) is 4.90. The molecule has 6 nitrogen and oxygen atoms in total. The van der Waals surface area contributed by atoms with E-state index in [0.29, 0.717) is 18.8 Å². The standard InChI is InChI=1S/C8H15N2O4P/c1-3-13-15(12,14-4-2)6-7-5-9-10-8(7)11/h5H,3-4,6H2,1-2H3,(H2,9,10,11). The van der Waals surface area contributed by atoms with Crippen molar-refractivity contribution in [2.45, 2.75) is 20.0 Å². The largest absolute Gasteiger partial charge is 0.335 e. The quantitative estimate of drug-likeness (QED) is 0.730. The van der Waals surface area contributed by atoms with Gasteiger partial charge in [0.25, 0.3) is 5.56 Å². The third-order valence-electron chi connectivity index (χ3n) is 1.74. The van der Waals surface area contributed by atoms with Crippen LogP contribution in [0.5, 0.6) is 0 Å². The Balaban J connectivity index is 2.79. The molecule has 0 amide bonds. The van der Waals surface area contributed by atoms with Gasteiger partial charge in [-0.25, -0.2) is 0 Å². The van der Waals surface area contributed by atoms with Gasteiger partial charge < -0.3 is 14.1 Å². The first-order valence-corrected chi connectivity index (χ1v) is 6.47. The molecule has 0 spiro atoms. The Morgan fingerprint density at radius 3 is 2.33 bits per heavy atom. The van der Waals surface area contributed by atoms with E-state index in [-0.39, 0.29) is 11.7 Å². The molecule has 0 bridgehead atoms. The molecule has 1 rings (SSSR count). The fourth-order valence-corrected chi connectivity index (χ4v) is 2.88. The van der Waals surface area contributed by atoms with Gasteiger partial charge in [0.2, 0.25) is 0 Å². The first kappa shape index (κ1) is 12.2. The van der Waals surface area contributed by atoms with E-state index in [1.54, 1.807) is 13.8 Å². The van der Waals surface area contributed by atoms with E-state index < -0.39 is 7.60 Å². The molecule has 0 aromatic carbocycles. The van der Waals surface area contributed by atoms with Crippen LogP contribution < -0.4 is 5.56 Å². The van der Waals surface area contributed by atoms with Gasteiger partial charge in [-0.05, 0) is 13.8 Å². The molecule has 0 aliphatic carbocycles. The lowest BCUT2D eigenvalue weighted by molar-refractivity contribution is 0.219. The summed E-state index contributed by atoms with van der Waals surface area (Å²) >= 11 is 0. The number of rotatable bonds is 6. The van der Waals surface area contributed by atoms with E-state index in [4.69, 9.17) is 9.05 Å². The minimum atomic E-state index is -3.18. The summed E-state index contributed by atoms with van der Waals surface area (Å²) in [6, 6.07) is 0. The van der Waals surface area contributed by atoms with Crippen LogP contribution in [0.15, 0.2) is 11.0 Å². The molecule has 2 N–H and O–H groups in total. The van der Waals surface area contributed by atoms with Crippen molar-refractivity contribution < 1.29 is 13.6 Å². The van der Waals surface area contributed by atoms with Gasteiger partial charge in [0.1, 0.15) is 0 Å².